The largest absolute Gasteiger partial charge is 0.370 e. The summed E-state index contributed by atoms with van der Waals surface area (Å²) in [4.78, 5) is 63.0. The maximum absolute atomic E-state index is 13.0. The quantitative estimate of drug-likeness (QED) is 0.439. The molecule has 3 aromatic rings. The van der Waals surface area contributed by atoms with E-state index in [1.165, 1.54) is 14.0 Å². The van der Waals surface area contributed by atoms with Gasteiger partial charge in [0.2, 0.25) is 11.8 Å². The van der Waals surface area contributed by atoms with E-state index in [1.54, 1.807) is 43.4 Å². The molecule has 4 N–H and O–H groups in total. The van der Waals surface area contributed by atoms with Gasteiger partial charge in [-0.3, -0.25) is 28.8 Å². The van der Waals surface area contributed by atoms with Crippen LogP contribution in [-0.2, 0) is 40.3 Å². The summed E-state index contributed by atoms with van der Waals surface area (Å²) >= 11 is 0. The number of carbonyl (C=O) groups is 4. The summed E-state index contributed by atoms with van der Waals surface area (Å²) in [6.07, 6.45) is 0.771. The summed E-state index contributed by atoms with van der Waals surface area (Å²) in [6.45, 7) is -0.0933. The summed E-state index contributed by atoms with van der Waals surface area (Å²) in [5.41, 5.74) is 7.43. The van der Waals surface area contributed by atoms with Crippen LogP contribution >= 0.6 is 0 Å². The van der Waals surface area contributed by atoms with E-state index >= 15 is 0 Å². The van der Waals surface area contributed by atoms with E-state index in [2.05, 4.69) is 10.6 Å². The predicted molar refractivity (Wildman–Crippen MR) is 127 cm³/mol. The highest BCUT2D eigenvalue weighted by molar-refractivity contribution is 6.07. The summed E-state index contributed by atoms with van der Waals surface area (Å²) in [6, 6.07) is 12.0. The van der Waals surface area contributed by atoms with Crippen molar-refractivity contribution in [1.82, 2.24) is 19.4 Å². The lowest BCUT2D eigenvalue weighted by Gasteiger charge is -2.27. The summed E-state index contributed by atoms with van der Waals surface area (Å²) in [7, 11) is 1.60. The number of hydrogen-bond acceptors (Lipinski definition) is 5. The van der Waals surface area contributed by atoms with Crippen LogP contribution in [0.5, 0.6) is 0 Å². The van der Waals surface area contributed by atoms with Crippen LogP contribution in [0.2, 0.25) is 0 Å². The zero-order chi connectivity index (χ0) is 24.9. The first kappa shape index (κ1) is 22.4. The molecule has 1 spiro atoms. The molecule has 2 aliphatic rings. The Bertz CT molecular complexity index is 1470. The standard InChI is InChI=1S/C24H24N6O5/c1-28-22(34)27-21(33)24(28)11-14-6-7-16(10-15(14)12-24)26-20(32)13-30-18-5-3-2-4-17(18)29(23(30)35)9-8-19(25)31/h2-7,10H,8-9,11-13H2,1H3,(H2,25,31)(H,26,32)(H,27,33,34)/t24-/m1/s1. The Morgan fingerprint density at radius 2 is 1.71 bits per heavy atom. The van der Waals surface area contributed by atoms with Gasteiger partial charge in [0.25, 0.3) is 5.91 Å². The molecule has 1 atom stereocenters. The van der Waals surface area contributed by atoms with Gasteiger partial charge in [-0.05, 0) is 35.4 Å². The number of fused-ring (bicyclic) bond motifs is 2. The van der Waals surface area contributed by atoms with Crippen molar-refractivity contribution in [1.29, 1.82) is 0 Å². The normalized spacial score (nSPS) is 18.8. The zero-order valence-corrected chi connectivity index (χ0v) is 19.0. The maximum atomic E-state index is 13.0. The van der Waals surface area contributed by atoms with Crippen LogP contribution in [-0.4, -0.2) is 50.4 Å². The van der Waals surface area contributed by atoms with E-state index < -0.39 is 29.1 Å². The first-order valence-corrected chi connectivity index (χ1v) is 11.2. The molecule has 2 heterocycles. The molecule has 11 nitrogen and oxygen atoms in total. The van der Waals surface area contributed by atoms with E-state index in [9.17, 15) is 24.0 Å². The number of nitrogens with one attached hydrogen (secondary N) is 2. The Labute approximate surface area is 199 Å². The number of imidazole rings is 1. The van der Waals surface area contributed by atoms with Crippen LogP contribution in [0.4, 0.5) is 10.5 Å². The van der Waals surface area contributed by atoms with Gasteiger partial charge in [0.05, 0.1) is 11.0 Å². The van der Waals surface area contributed by atoms with Gasteiger partial charge in [-0.2, -0.15) is 0 Å². The lowest BCUT2D eigenvalue weighted by molar-refractivity contribution is -0.126. The third-order valence-corrected chi connectivity index (χ3v) is 6.85. The molecule has 1 aromatic heterocycles. The fourth-order valence-electron chi connectivity index (χ4n) is 4.98. The predicted octanol–water partition coefficient (Wildman–Crippen LogP) is 0.336. The lowest BCUT2D eigenvalue weighted by Crippen LogP contribution is -2.48. The van der Waals surface area contributed by atoms with Gasteiger partial charge in [0.15, 0.2) is 0 Å². The maximum Gasteiger partial charge on any atom is 0.329 e. The van der Waals surface area contributed by atoms with Crippen LogP contribution in [0.3, 0.4) is 0 Å². The minimum absolute atomic E-state index is 0.00946. The number of aromatic nitrogens is 2. The molecule has 1 saturated heterocycles. The molecule has 0 bridgehead atoms. The molecule has 35 heavy (non-hydrogen) atoms. The van der Waals surface area contributed by atoms with Gasteiger partial charge >= 0.3 is 11.7 Å². The number of amides is 5. The number of benzene rings is 2. The van der Waals surface area contributed by atoms with Crippen LogP contribution < -0.4 is 22.1 Å². The summed E-state index contributed by atoms with van der Waals surface area (Å²) in [5.74, 6) is -1.24. The van der Waals surface area contributed by atoms with Gasteiger partial charge in [-0.1, -0.05) is 18.2 Å². The Kier molecular flexibility index (Phi) is 5.19. The monoisotopic (exact) mass is 476 g/mol. The smallest absolute Gasteiger partial charge is 0.329 e. The second kappa shape index (κ2) is 8.12. The molecule has 0 radical (unpaired) electrons. The first-order valence-electron chi connectivity index (χ1n) is 11.2. The number of imide groups is 1. The van der Waals surface area contributed by atoms with Crippen molar-refractivity contribution in [3.63, 3.8) is 0 Å². The molecule has 0 unspecified atom stereocenters. The van der Waals surface area contributed by atoms with Crippen molar-refractivity contribution in [3.8, 4) is 0 Å². The number of primary amides is 1. The summed E-state index contributed by atoms with van der Waals surface area (Å²) in [5, 5.41) is 5.18. The average molecular weight is 476 g/mol. The third kappa shape index (κ3) is 3.65. The number of nitrogens with two attached hydrogens (primary N) is 1. The second-order valence-electron chi connectivity index (χ2n) is 8.96. The number of hydrogen-bond donors (Lipinski definition) is 3. The lowest BCUT2D eigenvalue weighted by atomic mass is 9.95. The molecule has 1 fully saturated rings. The van der Waals surface area contributed by atoms with Crippen LogP contribution in [0.1, 0.15) is 17.5 Å². The highest BCUT2D eigenvalue weighted by atomic mass is 16.2. The highest BCUT2D eigenvalue weighted by Crippen LogP contribution is 2.38. The Balaban J connectivity index is 1.36. The van der Waals surface area contributed by atoms with Gasteiger partial charge in [-0.15, -0.1) is 0 Å². The first-order chi connectivity index (χ1) is 16.7. The Morgan fingerprint density at radius 3 is 2.37 bits per heavy atom. The number of carbonyl (C=O) groups excluding carboxylic acids is 4. The van der Waals surface area contributed by atoms with Crippen molar-refractivity contribution in [3.05, 3.63) is 64.1 Å². The number of urea groups is 1. The van der Waals surface area contributed by atoms with E-state index in [0.29, 0.717) is 29.6 Å². The van der Waals surface area contributed by atoms with Gasteiger partial charge < -0.3 is 16.0 Å². The van der Waals surface area contributed by atoms with Crippen molar-refractivity contribution in [2.75, 3.05) is 12.4 Å². The van der Waals surface area contributed by atoms with E-state index in [0.717, 1.165) is 11.1 Å². The van der Waals surface area contributed by atoms with Crippen LogP contribution in [0.25, 0.3) is 11.0 Å². The molecule has 1 aliphatic carbocycles. The number of para-hydroxylation sites is 2. The highest BCUT2D eigenvalue weighted by Gasteiger charge is 2.54. The number of anilines is 1. The molecule has 180 valence electrons. The van der Waals surface area contributed by atoms with Crippen LogP contribution in [0, 0.1) is 0 Å². The van der Waals surface area contributed by atoms with Crippen molar-refractivity contribution >= 4 is 40.5 Å². The minimum Gasteiger partial charge on any atom is -0.370 e. The molecule has 1 aliphatic heterocycles. The summed E-state index contributed by atoms with van der Waals surface area (Å²) < 4.78 is 2.80. The minimum atomic E-state index is -0.942. The fraction of sp³-hybridized carbons (Fsp3) is 0.292. The topological polar surface area (TPSA) is 149 Å². The number of aryl methyl sites for hydroxylation is 1. The van der Waals surface area contributed by atoms with Crippen molar-refractivity contribution < 1.29 is 19.2 Å². The molecule has 11 heteroatoms. The van der Waals surface area contributed by atoms with E-state index in [1.807, 2.05) is 6.07 Å². The van der Waals surface area contributed by atoms with Crippen molar-refractivity contribution in [2.24, 2.45) is 5.73 Å². The van der Waals surface area contributed by atoms with E-state index in [4.69, 9.17) is 5.73 Å². The van der Waals surface area contributed by atoms with Gasteiger partial charge in [0, 0.05) is 38.5 Å². The average Bonchev–Trinajstić information content (AvgIpc) is 3.39. The zero-order valence-electron chi connectivity index (χ0n) is 19.0. The van der Waals surface area contributed by atoms with Crippen LogP contribution in [0.15, 0.2) is 47.3 Å². The van der Waals surface area contributed by atoms with Crippen molar-refractivity contribution in [2.45, 2.75) is 37.9 Å². The molecule has 0 saturated carbocycles. The molecular formula is C24H24N6O5. The third-order valence-electron chi connectivity index (χ3n) is 6.85. The Hall–Kier alpha value is -4.41. The molecule has 5 amide bonds. The fourth-order valence-corrected chi connectivity index (χ4v) is 4.98. The molecule has 2 aromatic carbocycles. The van der Waals surface area contributed by atoms with E-state index in [-0.39, 0.29) is 25.4 Å². The second-order valence-corrected chi connectivity index (χ2v) is 8.96. The number of rotatable bonds is 6. The van der Waals surface area contributed by atoms with Gasteiger partial charge in [-0.25, -0.2) is 9.59 Å². The Morgan fingerprint density at radius 1 is 1.03 bits per heavy atom. The number of nitrogens with zero attached hydrogens (tertiary/aromatic N) is 3. The van der Waals surface area contributed by atoms with Gasteiger partial charge in [0.1, 0.15) is 12.1 Å². The molecular weight excluding hydrogens is 452 g/mol. The SMILES string of the molecule is CN1C(=O)NC(=O)[C@]12Cc1ccc(NC(=O)Cn3c(=O)n(CCC(N)=O)c4ccccc43)cc1C2. The molecule has 5 rings (SSSR count). The number of likely N-dealkylation sites (N-methyl/N-ethyl adjacent to an activating group) is 1.